The van der Waals surface area contributed by atoms with Crippen molar-refractivity contribution >= 4 is 28.6 Å². The van der Waals surface area contributed by atoms with Crippen molar-refractivity contribution in [3.8, 4) is 0 Å². The summed E-state index contributed by atoms with van der Waals surface area (Å²) in [6, 6.07) is 0. The van der Waals surface area contributed by atoms with E-state index in [0.717, 1.165) is 12.8 Å². The molecular weight excluding hydrogens is 358 g/mol. The number of hydrogen-bond acceptors (Lipinski definition) is 2. The molecule has 2 saturated heterocycles. The van der Waals surface area contributed by atoms with Gasteiger partial charge in [0.25, 0.3) is 0 Å². The molecule has 0 aromatic rings. The van der Waals surface area contributed by atoms with Crippen LogP contribution in [0.25, 0.3) is 0 Å². The fraction of sp³-hybridized carbons (Fsp3) is 0.833. The van der Waals surface area contributed by atoms with Crippen LogP contribution in [0, 0.1) is 0 Å². The third-order valence-electron chi connectivity index (χ3n) is 2.41. The maximum atomic E-state index is 11.0. The molecule has 0 N–H and O–H groups in total. The van der Waals surface area contributed by atoms with Gasteiger partial charge in [0, 0.05) is 0 Å². The summed E-state index contributed by atoms with van der Waals surface area (Å²) < 4.78 is 6.15. The Balaban J connectivity index is 2.08. The normalized spacial score (nSPS) is 62.9. The van der Waals surface area contributed by atoms with Crippen molar-refractivity contribution in [1.82, 2.24) is 0 Å². The van der Waals surface area contributed by atoms with Crippen LogP contribution < -0.4 is 21.2 Å². The van der Waals surface area contributed by atoms with E-state index in [9.17, 15) is 4.79 Å². The Labute approximate surface area is 82.5 Å². The molecule has 2 nitrogen and oxygen atoms in total. The number of ether oxygens (including phenoxy) is 1. The quantitative estimate of drug-likeness (QED) is 0.275. The van der Waals surface area contributed by atoms with Gasteiger partial charge in [-0.3, -0.25) is 0 Å². The Morgan fingerprint density at radius 3 is 3.00 bits per heavy atom. The van der Waals surface area contributed by atoms with Crippen LogP contribution >= 0.6 is 22.6 Å². The van der Waals surface area contributed by atoms with Crippen molar-refractivity contribution in [1.29, 1.82) is 0 Å². The number of carbonyl (C=O) groups is 1. The first kappa shape index (κ1) is 6.45. The van der Waals surface area contributed by atoms with Crippen molar-refractivity contribution in [3.63, 3.8) is 0 Å². The molecule has 0 aromatic carbocycles. The van der Waals surface area contributed by atoms with E-state index in [0.29, 0.717) is 5.35 Å². The van der Waals surface area contributed by atoms with Crippen LogP contribution in [0.1, 0.15) is 12.8 Å². The molecule has 4 heteroatoms. The zero-order chi connectivity index (χ0) is 6.98. The number of rotatable bonds is 0. The Kier molecular flexibility index (Phi) is 0.971. The second-order valence-electron chi connectivity index (χ2n) is 3.08. The van der Waals surface area contributed by atoms with Crippen LogP contribution in [0.5, 0.6) is 0 Å². The van der Waals surface area contributed by atoms with Gasteiger partial charge in [-0.1, -0.05) is 0 Å². The van der Waals surface area contributed by atoms with E-state index in [-0.39, 0.29) is 32.8 Å². The third kappa shape index (κ3) is 0.518. The molecule has 10 heavy (non-hydrogen) atoms. The predicted molar refractivity (Wildman–Crippen MR) is 38.6 cm³/mol. The summed E-state index contributed by atoms with van der Waals surface area (Å²) >= 11 is 2.62. The summed E-state index contributed by atoms with van der Waals surface area (Å²) in [5.41, 5.74) is 0.0720. The van der Waals surface area contributed by atoms with Crippen molar-refractivity contribution in [2.75, 3.05) is 0 Å². The number of fused-ring (bicyclic) bond motifs is 1. The SMILES string of the molecule is O=C1OC23CC1[I-]C2(I)C3. The van der Waals surface area contributed by atoms with Crippen molar-refractivity contribution in [2.24, 2.45) is 0 Å². The van der Waals surface area contributed by atoms with E-state index >= 15 is 0 Å². The predicted octanol–water partition coefficient (Wildman–Crippen LogP) is -2.32. The zero-order valence-corrected chi connectivity index (χ0v) is 9.38. The Morgan fingerprint density at radius 2 is 2.60 bits per heavy atom. The topological polar surface area (TPSA) is 26.3 Å². The second kappa shape index (κ2) is 1.51. The second-order valence-corrected chi connectivity index (χ2v) is 11.0. The molecule has 56 valence electrons. The van der Waals surface area contributed by atoms with Gasteiger partial charge in [0.2, 0.25) is 0 Å². The van der Waals surface area contributed by atoms with Crippen molar-refractivity contribution < 1.29 is 30.7 Å². The van der Waals surface area contributed by atoms with Crippen LogP contribution in [0.2, 0.25) is 0 Å². The van der Waals surface area contributed by atoms with Gasteiger partial charge in [0.1, 0.15) is 0 Å². The van der Waals surface area contributed by atoms with Gasteiger partial charge in [0.15, 0.2) is 0 Å². The summed E-state index contributed by atoms with van der Waals surface area (Å²) in [5.74, 6) is 0.109. The zero-order valence-electron chi connectivity index (χ0n) is 5.06. The van der Waals surface area contributed by atoms with Gasteiger partial charge in [-0.2, -0.15) is 0 Å². The summed E-state index contributed by atoms with van der Waals surface area (Å²) in [7, 11) is 0. The first-order valence-corrected chi connectivity index (χ1v) is 6.62. The van der Waals surface area contributed by atoms with E-state index in [2.05, 4.69) is 22.6 Å². The Bertz CT molecular complexity index is 240. The average Bonchev–Trinajstić information content (AvgIpc) is 2.08. The van der Waals surface area contributed by atoms with Gasteiger partial charge >= 0.3 is 83.1 Å². The fourth-order valence-electron chi connectivity index (χ4n) is 1.75. The molecule has 3 unspecified atom stereocenters. The molecule has 2 heterocycles. The molecule has 0 aromatic heterocycles. The first-order chi connectivity index (χ1) is 4.65. The van der Waals surface area contributed by atoms with E-state index in [1.54, 1.807) is 0 Å². The summed E-state index contributed by atoms with van der Waals surface area (Å²) in [6.45, 7) is 0. The minimum absolute atomic E-state index is 0.0720. The molecular formula is C6H5I2O2-. The summed E-state index contributed by atoms with van der Waals surface area (Å²) in [5, 5.41) is 0. The van der Waals surface area contributed by atoms with Gasteiger partial charge in [-0.05, 0) is 0 Å². The number of carbonyl (C=O) groups excluding carboxylic acids is 1. The van der Waals surface area contributed by atoms with E-state index in [1.165, 1.54) is 0 Å². The standard InChI is InChI=1S/C6H5I2O2/c7-6-2-5(6)1-3(8-6)4(9)10-5/h3H,1-2H2/q-1. The Hall–Kier alpha value is 0.930. The van der Waals surface area contributed by atoms with Crippen LogP contribution in [0.4, 0.5) is 0 Å². The van der Waals surface area contributed by atoms with E-state index in [1.807, 2.05) is 0 Å². The molecule has 0 amide bonds. The average molecular weight is 363 g/mol. The first-order valence-electron chi connectivity index (χ1n) is 3.22. The molecule has 3 atom stereocenters. The van der Waals surface area contributed by atoms with Crippen LogP contribution in [0.15, 0.2) is 0 Å². The summed E-state index contributed by atoms with van der Waals surface area (Å²) in [4.78, 5) is 11.0. The van der Waals surface area contributed by atoms with Gasteiger partial charge < -0.3 is 0 Å². The molecule has 3 rings (SSSR count). The van der Waals surface area contributed by atoms with Crippen LogP contribution in [0.3, 0.4) is 0 Å². The molecule has 1 saturated carbocycles. The number of halogens is 2. The van der Waals surface area contributed by atoms with Crippen LogP contribution in [-0.2, 0) is 9.53 Å². The van der Waals surface area contributed by atoms with Crippen LogP contribution in [-0.4, -0.2) is 16.9 Å². The third-order valence-corrected chi connectivity index (χ3v) is 9.41. The van der Waals surface area contributed by atoms with Gasteiger partial charge in [-0.25, -0.2) is 0 Å². The van der Waals surface area contributed by atoms with Crippen molar-refractivity contribution in [2.45, 2.75) is 23.8 Å². The molecule has 3 fully saturated rings. The molecule has 2 aliphatic heterocycles. The summed E-state index contributed by atoms with van der Waals surface area (Å²) in [6.07, 6.45) is 2.22. The Morgan fingerprint density at radius 1 is 1.80 bits per heavy atom. The molecule has 1 spiro atoms. The van der Waals surface area contributed by atoms with E-state index < -0.39 is 0 Å². The minimum atomic E-state index is 0.0720. The number of hydrogen-bond donors (Lipinski definition) is 0. The molecule has 2 bridgehead atoms. The molecule has 3 aliphatic rings. The number of esters is 1. The van der Waals surface area contributed by atoms with Gasteiger partial charge in [0.05, 0.1) is 0 Å². The molecule has 0 radical (unpaired) electrons. The van der Waals surface area contributed by atoms with E-state index in [4.69, 9.17) is 4.74 Å². The number of alkyl halides is 3. The van der Waals surface area contributed by atoms with Crippen molar-refractivity contribution in [3.05, 3.63) is 0 Å². The molecule has 1 aliphatic carbocycles. The fourth-order valence-corrected chi connectivity index (χ4v) is 8.84. The maximum absolute atomic E-state index is 11.0. The van der Waals surface area contributed by atoms with Gasteiger partial charge in [-0.15, -0.1) is 0 Å². The monoisotopic (exact) mass is 363 g/mol.